The van der Waals surface area contributed by atoms with Crippen LogP contribution in [0.15, 0.2) is 53.6 Å². The van der Waals surface area contributed by atoms with Crippen LogP contribution in [-0.2, 0) is 10.0 Å². The van der Waals surface area contributed by atoms with E-state index in [9.17, 15) is 17.6 Å². The Balaban J connectivity index is 1.77. The molecule has 3 heterocycles. The van der Waals surface area contributed by atoms with E-state index in [1.54, 1.807) is 12.1 Å². The number of carbonyl (C=O) groups excluding carboxylic acids is 1. The first kappa shape index (κ1) is 28.3. The van der Waals surface area contributed by atoms with Crippen molar-refractivity contribution in [2.24, 2.45) is 11.8 Å². The van der Waals surface area contributed by atoms with Crippen molar-refractivity contribution in [1.82, 2.24) is 14.7 Å². The summed E-state index contributed by atoms with van der Waals surface area (Å²) in [7, 11) is -4.30. The normalized spacial score (nSPS) is 16.9. The molecule has 3 N–H and O–H groups in total. The van der Waals surface area contributed by atoms with Gasteiger partial charge in [-0.05, 0) is 68.5 Å². The molecule has 1 amide bonds. The molecule has 0 saturated carbocycles. The van der Waals surface area contributed by atoms with E-state index in [0.717, 1.165) is 6.42 Å². The first-order valence-electron chi connectivity index (χ1n) is 12.8. The van der Waals surface area contributed by atoms with E-state index in [-0.39, 0.29) is 33.8 Å². The topological polar surface area (TPSA) is 128 Å². The number of hydrogen-bond donors (Lipinski definition) is 2. The van der Waals surface area contributed by atoms with Gasteiger partial charge in [-0.3, -0.25) is 4.79 Å². The van der Waals surface area contributed by atoms with Crippen molar-refractivity contribution in [3.8, 4) is 17.0 Å². The highest BCUT2D eigenvalue weighted by atomic mass is 32.2. The van der Waals surface area contributed by atoms with E-state index in [2.05, 4.69) is 16.6 Å². The third-order valence-corrected chi connectivity index (χ3v) is 8.29. The maximum atomic E-state index is 14.5. The maximum absolute atomic E-state index is 14.5. The van der Waals surface area contributed by atoms with Crippen molar-refractivity contribution in [1.29, 1.82) is 0 Å². The molecular weight excluding hydrogens is 521 g/mol. The smallest absolute Gasteiger partial charge is 0.281 e. The zero-order chi connectivity index (χ0) is 28.5. The fourth-order valence-electron chi connectivity index (χ4n) is 4.47. The summed E-state index contributed by atoms with van der Waals surface area (Å²) in [6.45, 7) is 11.3. The van der Waals surface area contributed by atoms with Crippen LogP contribution in [0.2, 0.25) is 0 Å². The molecule has 1 aliphatic rings. The summed E-state index contributed by atoms with van der Waals surface area (Å²) in [6.07, 6.45) is 0.860. The highest BCUT2D eigenvalue weighted by molar-refractivity contribution is 7.90. The molecule has 208 valence electrons. The Hall–Kier alpha value is -3.73. The van der Waals surface area contributed by atoms with Crippen LogP contribution in [0.1, 0.15) is 51.4 Å². The number of nitrogen functional groups attached to an aromatic ring is 1. The Labute approximate surface area is 228 Å². The van der Waals surface area contributed by atoms with E-state index in [4.69, 9.17) is 15.5 Å². The van der Waals surface area contributed by atoms with E-state index in [1.165, 1.54) is 36.4 Å². The number of hydrogen-bond acceptors (Lipinski definition) is 8. The van der Waals surface area contributed by atoms with Gasteiger partial charge in [-0.15, -0.1) is 0 Å². The predicted molar refractivity (Wildman–Crippen MR) is 148 cm³/mol. The number of amides is 1. The fraction of sp³-hybridized carbons (Fsp3) is 0.393. The Morgan fingerprint density at radius 3 is 2.59 bits per heavy atom. The minimum absolute atomic E-state index is 0.0108. The zero-order valence-electron chi connectivity index (χ0n) is 22.7. The summed E-state index contributed by atoms with van der Waals surface area (Å²) < 4.78 is 48.2. The zero-order valence-corrected chi connectivity index (χ0v) is 23.5. The van der Waals surface area contributed by atoms with Gasteiger partial charge in [0.2, 0.25) is 0 Å². The van der Waals surface area contributed by atoms with Gasteiger partial charge in [0.1, 0.15) is 23.2 Å². The quantitative estimate of drug-likeness (QED) is 0.411. The number of rotatable bonds is 8. The molecule has 1 atom stereocenters. The third kappa shape index (κ3) is 6.13. The summed E-state index contributed by atoms with van der Waals surface area (Å²) in [5, 5.41) is -0.370. The molecule has 1 aliphatic heterocycles. The number of halogens is 1. The number of ether oxygens (including phenoxy) is 1. The lowest BCUT2D eigenvalue weighted by atomic mass is 9.90. The summed E-state index contributed by atoms with van der Waals surface area (Å²) in [5.74, 6) is -0.0989. The van der Waals surface area contributed by atoms with Crippen LogP contribution in [0.5, 0.6) is 5.75 Å². The minimum atomic E-state index is -4.30. The monoisotopic (exact) mass is 555 g/mol. The van der Waals surface area contributed by atoms with E-state index >= 15 is 0 Å². The van der Waals surface area contributed by atoms with E-state index < -0.39 is 21.7 Å². The molecule has 11 heteroatoms. The van der Waals surface area contributed by atoms with Gasteiger partial charge in [-0.25, -0.2) is 19.1 Å². The molecule has 4 rings (SSSR count). The lowest BCUT2D eigenvalue weighted by Crippen LogP contribution is -2.43. The highest BCUT2D eigenvalue weighted by Crippen LogP contribution is 2.39. The van der Waals surface area contributed by atoms with Gasteiger partial charge < -0.3 is 15.4 Å². The molecule has 39 heavy (non-hydrogen) atoms. The van der Waals surface area contributed by atoms with Gasteiger partial charge in [-0.1, -0.05) is 26.8 Å². The Kier molecular flexibility index (Phi) is 7.83. The van der Waals surface area contributed by atoms with Gasteiger partial charge in [-0.2, -0.15) is 8.42 Å². The van der Waals surface area contributed by atoms with Crippen LogP contribution in [0.4, 0.5) is 16.0 Å². The second-order valence-electron chi connectivity index (χ2n) is 10.8. The lowest BCUT2D eigenvalue weighted by Gasteiger charge is -2.36. The Morgan fingerprint density at radius 1 is 1.21 bits per heavy atom. The average molecular weight is 556 g/mol. The van der Waals surface area contributed by atoms with Crippen LogP contribution in [-0.4, -0.2) is 43.0 Å². The molecule has 0 bridgehead atoms. The molecule has 1 aromatic carbocycles. The highest BCUT2D eigenvalue weighted by Gasteiger charge is 2.41. The van der Waals surface area contributed by atoms with Crippen LogP contribution in [0.3, 0.4) is 0 Å². The number of pyridine rings is 2. The number of carbonyl (C=O) groups is 1. The van der Waals surface area contributed by atoms with Gasteiger partial charge >= 0.3 is 0 Å². The lowest BCUT2D eigenvalue weighted by molar-refractivity contribution is 0.0981. The first-order valence-corrected chi connectivity index (χ1v) is 14.3. The van der Waals surface area contributed by atoms with Crippen LogP contribution >= 0.6 is 0 Å². The largest absolute Gasteiger partial charge is 0.493 e. The van der Waals surface area contributed by atoms with Gasteiger partial charge in [0.15, 0.2) is 5.03 Å². The predicted octanol–water partition coefficient (Wildman–Crippen LogP) is 4.64. The number of anilines is 2. The molecule has 3 aromatic rings. The van der Waals surface area contributed by atoms with Gasteiger partial charge in [0.25, 0.3) is 15.9 Å². The van der Waals surface area contributed by atoms with E-state index in [0.29, 0.717) is 36.0 Å². The molecule has 2 aromatic heterocycles. The molecule has 1 saturated heterocycles. The summed E-state index contributed by atoms with van der Waals surface area (Å²) >= 11 is 0. The van der Waals surface area contributed by atoms with Crippen molar-refractivity contribution in [3.63, 3.8) is 0 Å². The summed E-state index contributed by atoms with van der Waals surface area (Å²) in [6, 6.07) is 11.6. The number of nitrogens with one attached hydrogen (secondary N) is 1. The van der Waals surface area contributed by atoms with Crippen LogP contribution in [0.25, 0.3) is 11.3 Å². The molecule has 9 nitrogen and oxygen atoms in total. The van der Waals surface area contributed by atoms with Crippen molar-refractivity contribution < 1.29 is 22.3 Å². The molecule has 0 radical (unpaired) electrons. The van der Waals surface area contributed by atoms with Gasteiger partial charge in [0.05, 0.1) is 17.9 Å². The number of sulfonamides is 1. The van der Waals surface area contributed by atoms with Crippen LogP contribution in [0, 0.1) is 17.7 Å². The number of nitrogens with two attached hydrogens (primary N) is 1. The molecule has 0 unspecified atom stereocenters. The number of nitrogens with zero attached hydrogens (tertiary/aromatic N) is 3. The number of aromatic nitrogens is 2. The van der Waals surface area contributed by atoms with Crippen LogP contribution < -0.4 is 20.1 Å². The van der Waals surface area contributed by atoms with Crippen molar-refractivity contribution in [2.75, 3.05) is 23.8 Å². The molecule has 0 aliphatic carbocycles. The second-order valence-corrected chi connectivity index (χ2v) is 12.4. The van der Waals surface area contributed by atoms with Crippen molar-refractivity contribution >= 4 is 27.6 Å². The van der Waals surface area contributed by atoms with Crippen molar-refractivity contribution in [3.05, 3.63) is 59.9 Å². The molecule has 0 spiro atoms. The first-order chi connectivity index (χ1) is 18.3. The molecular formula is C28H34FN5O4S. The third-order valence-electron chi connectivity index (χ3n) is 7.06. The summed E-state index contributed by atoms with van der Waals surface area (Å²) in [5.41, 5.74) is 6.23. The Bertz CT molecular complexity index is 1490. The second kappa shape index (κ2) is 10.8. The van der Waals surface area contributed by atoms with Crippen molar-refractivity contribution in [2.45, 2.75) is 51.6 Å². The van der Waals surface area contributed by atoms with Gasteiger partial charge in [0, 0.05) is 23.7 Å². The number of benzene rings is 1. The van der Waals surface area contributed by atoms with E-state index in [1.807, 2.05) is 32.6 Å². The average Bonchev–Trinajstić information content (AvgIpc) is 3.13. The maximum Gasteiger partial charge on any atom is 0.281 e. The minimum Gasteiger partial charge on any atom is -0.493 e. The SMILES string of the molecule is CC(C)COc1cc(F)cc(-c2ccc(C(=O)NS(=O)(=O)c3cccc(N)n3)c(N3CC[C@@H](C)C3(C)C)n2)c1. The molecule has 1 fully saturated rings. The standard InChI is InChI=1S/C28H34FN5O4S/c1-17(2)16-38-21-14-19(13-20(29)15-21)23-10-9-22(26(31-23)34-12-11-18(3)28(34,4)5)27(35)33-39(36,37)25-8-6-7-24(30)32-25/h6-10,13-15,17-18H,11-12,16H2,1-5H3,(H2,30,32)(H,33,35)/t18-/m1/s1. The summed E-state index contributed by atoms with van der Waals surface area (Å²) in [4.78, 5) is 24.0. The fourth-order valence-corrected chi connectivity index (χ4v) is 5.41. The Morgan fingerprint density at radius 2 is 1.95 bits per heavy atom.